The Bertz CT molecular complexity index is 449. The predicted molar refractivity (Wildman–Crippen MR) is 75.0 cm³/mol. The highest BCUT2D eigenvalue weighted by Gasteiger charge is 2.29. The minimum absolute atomic E-state index is 0.0175. The van der Waals surface area contributed by atoms with E-state index >= 15 is 0 Å². The molecule has 1 saturated heterocycles. The highest BCUT2D eigenvalue weighted by atomic mass is 16.5. The van der Waals surface area contributed by atoms with Gasteiger partial charge in [-0.05, 0) is 31.2 Å². The van der Waals surface area contributed by atoms with Gasteiger partial charge >= 0.3 is 6.03 Å². The maximum Gasteiger partial charge on any atom is 0.322 e. The second-order valence-corrected chi connectivity index (χ2v) is 4.80. The van der Waals surface area contributed by atoms with Gasteiger partial charge < -0.3 is 24.8 Å². The van der Waals surface area contributed by atoms with E-state index in [0.29, 0.717) is 18.8 Å². The fraction of sp³-hybridized carbons (Fsp3) is 0.500. The minimum atomic E-state index is -0.312. The van der Waals surface area contributed by atoms with Gasteiger partial charge in [-0.3, -0.25) is 0 Å². The van der Waals surface area contributed by atoms with Crippen molar-refractivity contribution in [2.24, 2.45) is 0 Å². The van der Waals surface area contributed by atoms with Crippen LogP contribution in [0.5, 0.6) is 5.75 Å². The van der Waals surface area contributed by atoms with Crippen LogP contribution in [-0.2, 0) is 4.74 Å². The maximum atomic E-state index is 12.2. The summed E-state index contributed by atoms with van der Waals surface area (Å²) in [6, 6.07) is 6.93. The predicted octanol–water partition coefficient (Wildman–Crippen LogP) is 1.31. The molecule has 0 spiro atoms. The van der Waals surface area contributed by atoms with E-state index in [1.807, 2.05) is 6.92 Å². The van der Waals surface area contributed by atoms with Crippen molar-refractivity contribution in [1.82, 2.24) is 4.90 Å². The number of amides is 2. The molecule has 1 aromatic rings. The number of urea groups is 1. The SMILES string of the molecule is COc1ccc(NC(=O)N2CC(CO)OCC2C)cc1. The lowest BCUT2D eigenvalue weighted by atomic mass is 10.2. The molecule has 1 aromatic carbocycles. The summed E-state index contributed by atoms with van der Waals surface area (Å²) in [4.78, 5) is 13.9. The lowest BCUT2D eigenvalue weighted by Gasteiger charge is -2.37. The van der Waals surface area contributed by atoms with Crippen LogP contribution in [0.15, 0.2) is 24.3 Å². The van der Waals surface area contributed by atoms with Crippen molar-refractivity contribution in [2.45, 2.75) is 19.1 Å². The molecule has 2 N–H and O–H groups in total. The summed E-state index contributed by atoms with van der Waals surface area (Å²) in [6.45, 7) is 2.65. The van der Waals surface area contributed by atoms with Crippen molar-refractivity contribution in [2.75, 3.05) is 32.2 Å². The van der Waals surface area contributed by atoms with Gasteiger partial charge in [-0.1, -0.05) is 0 Å². The Labute approximate surface area is 118 Å². The zero-order chi connectivity index (χ0) is 14.5. The van der Waals surface area contributed by atoms with Gasteiger partial charge in [0.15, 0.2) is 0 Å². The summed E-state index contributed by atoms with van der Waals surface area (Å²) in [5.41, 5.74) is 0.704. The van der Waals surface area contributed by atoms with Crippen LogP contribution in [0, 0.1) is 0 Å². The summed E-state index contributed by atoms with van der Waals surface area (Å²) in [5, 5.41) is 12.0. The molecule has 110 valence electrons. The lowest BCUT2D eigenvalue weighted by molar-refractivity contribution is -0.0611. The number of carbonyl (C=O) groups is 1. The van der Waals surface area contributed by atoms with Crippen molar-refractivity contribution in [3.63, 3.8) is 0 Å². The number of nitrogens with zero attached hydrogens (tertiary/aromatic N) is 1. The smallest absolute Gasteiger partial charge is 0.322 e. The van der Waals surface area contributed by atoms with Crippen molar-refractivity contribution < 1.29 is 19.4 Å². The molecule has 2 unspecified atom stereocenters. The van der Waals surface area contributed by atoms with Gasteiger partial charge in [-0.15, -0.1) is 0 Å². The Morgan fingerprint density at radius 3 is 2.80 bits per heavy atom. The third kappa shape index (κ3) is 3.40. The number of ether oxygens (including phenoxy) is 2. The number of carbonyl (C=O) groups excluding carboxylic acids is 1. The molecule has 1 aliphatic rings. The molecule has 2 amide bonds. The standard InChI is InChI=1S/C14H20N2O4/c1-10-9-20-13(8-17)7-16(10)14(18)15-11-3-5-12(19-2)6-4-11/h3-6,10,13,17H,7-9H2,1-2H3,(H,15,18). The van der Waals surface area contributed by atoms with E-state index in [2.05, 4.69) is 5.32 Å². The van der Waals surface area contributed by atoms with Crippen molar-refractivity contribution in [3.05, 3.63) is 24.3 Å². The summed E-state index contributed by atoms with van der Waals surface area (Å²) < 4.78 is 10.5. The number of morpholine rings is 1. The topological polar surface area (TPSA) is 71.0 Å². The molecule has 2 rings (SSSR count). The zero-order valence-corrected chi connectivity index (χ0v) is 11.7. The molecule has 0 aliphatic carbocycles. The molecule has 0 aromatic heterocycles. The second-order valence-electron chi connectivity index (χ2n) is 4.80. The number of benzene rings is 1. The number of aliphatic hydroxyl groups is 1. The van der Waals surface area contributed by atoms with Crippen LogP contribution in [0.1, 0.15) is 6.92 Å². The Balaban J connectivity index is 1.98. The van der Waals surface area contributed by atoms with E-state index in [0.717, 1.165) is 5.75 Å². The van der Waals surface area contributed by atoms with Crippen LogP contribution in [0.4, 0.5) is 10.5 Å². The quantitative estimate of drug-likeness (QED) is 0.875. The molecular formula is C14H20N2O4. The number of hydrogen-bond acceptors (Lipinski definition) is 4. The molecule has 1 aliphatic heterocycles. The molecule has 20 heavy (non-hydrogen) atoms. The molecule has 1 fully saturated rings. The Kier molecular flexibility index (Phi) is 4.81. The van der Waals surface area contributed by atoms with Crippen LogP contribution < -0.4 is 10.1 Å². The largest absolute Gasteiger partial charge is 0.497 e. The number of aliphatic hydroxyl groups excluding tert-OH is 1. The normalized spacial score (nSPS) is 22.4. The summed E-state index contributed by atoms with van der Waals surface area (Å²) in [6.07, 6.45) is -0.312. The van der Waals surface area contributed by atoms with Crippen LogP contribution in [0.2, 0.25) is 0 Å². The number of methoxy groups -OCH3 is 1. The zero-order valence-electron chi connectivity index (χ0n) is 11.7. The Morgan fingerprint density at radius 1 is 1.50 bits per heavy atom. The fourth-order valence-corrected chi connectivity index (χ4v) is 2.08. The van der Waals surface area contributed by atoms with E-state index in [1.54, 1.807) is 36.3 Å². The highest BCUT2D eigenvalue weighted by Crippen LogP contribution is 2.17. The number of nitrogens with one attached hydrogen (secondary N) is 1. The van der Waals surface area contributed by atoms with Gasteiger partial charge in [0.1, 0.15) is 5.75 Å². The monoisotopic (exact) mass is 280 g/mol. The van der Waals surface area contributed by atoms with Gasteiger partial charge in [0.2, 0.25) is 0 Å². The molecule has 1 heterocycles. The van der Waals surface area contributed by atoms with Crippen LogP contribution in [0.3, 0.4) is 0 Å². The first kappa shape index (κ1) is 14.6. The van der Waals surface area contributed by atoms with Gasteiger partial charge in [0, 0.05) is 5.69 Å². The first-order valence-corrected chi connectivity index (χ1v) is 6.58. The summed E-state index contributed by atoms with van der Waals surface area (Å²) in [5.74, 6) is 0.739. The average molecular weight is 280 g/mol. The van der Waals surface area contributed by atoms with Gasteiger partial charge in [-0.25, -0.2) is 4.79 Å². The molecule has 0 radical (unpaired) electrons. The average Bonchev–Trinajstić information content (AvgIpc) is 2.48. The first-order chi connectivity index (χ1) is 9.63. The minimum Gasteiger partial charge on any atom is -0.497 e. The van der Waals surface area contributed by atoms with Crippen LogP contribution >= 0.6 is 0 Å². The Hall–Kier alpha value is -1.79. The van der Waals surface area contributed by atoms with Gasteiger partial charge in [0.05, 0.1) is 39.0 Å². The third-order valence-corrected chi connectivity index (χ3v) is 3.31. The van der Waals surface area contributed by atoms with Crippen LogP contribution in [0.25, 0.3) is 0 Å². The van der Waals surface area contributed by atoms with Gasteiger partial charge in [0.25, 0.3) is 0 Å². The Morgan fingerprint density at radius 2 is 2.20 bits per heavy atom. The summed E-state index contributed by atoms with van der Waals surface area (Å²) in [7, 11) is 1.60. The second kappa shape index (κ2) is 6.58. The number of hydrogen-bond donors (Lipinski definition) is 2. The molecule has 6 nitrogen and oxygen atoms in total. The molecule has 2 atom stereocenters. The molecular weight excluding hydrogens is 260 g/mol. The first-order valence-electron chi connectivity index (χ1n) is 6.58. The number of rotatable bonds is 3. The van der Waals surface area contributed by atoms with Crippen molar-refractivity contribution in [1.29, 1.82) is 0 Å². The van der Waals surface area contributed by atoms with E-state index in [1.165, 1.54) is 0 Å². The number of anilines is 1. The molecule has 0 saturated carbocycles. The van der Waals surface area contributed by atoms with Crippen molar-refractivity contribution >= 4 is 11.7 Å². The van der Waals surface area contributed by atoms with Crippen LogP contribution in [-0.4, -0.2) is 55.1 Å². The fourth-order valence-electron chi connectivity index (χ4n) is 2.08. The van der Waals surface area contributed by atoms with E-state index in [-0.39, 0.29) is 24.8 Å². The third-order valence-electron chi connectivity index (χ3n) is 3.31. The van der Waals surface area contributed by atoms with E-state index < -0.39 is 0 Å². The molecule has 0 bridgehead atoms. The van der Waals surface area contributed by atoms with E-state index in [9.17, 15) is 4.79 Å². The highest BCUT2D eigenvalue weighted by molar-refractivity contribution is 5.89. The lowest BCUT2D eigenvalue weighted by Crippen LogP contribution is -2.53. The van der Waals surface area contributed by atoms with Gasteiger partial charge in [-0.2, -0.15) is 0 Å². The summed E-state index contributed by atoms with van der Waals surface area (Å²) >= 11 is 0. The maximum absolute atomic E-state index is 12.2. The van der Waals surface area contributed by atoms with Crippen molar-refractivity contribution in [3.8, 4) is 5.75 Å². The molecule has 6 heteroatoms. The van der Waals surface area contributed by atoms with E-state index in [4.69, 9.17) is 14.6 Å².